The van der Waals surface area contributed by atoms with Crippen LogP contribution in [0.2, 0.25) is 0 Å². The van der Waals surface area contributed by atoms with Gasteiger partial charge in [0.2, 0.25) is 0 Å². The van der Waals surface area contributed by atoms with Crippen LogP contribution in [0, 0.1) is 0 Å². The largest absolute Gasteiger partial charge is 0.370 e. The summed E-state index contributed by atoms with van der Waals surface area (Å²) in [6.45, 7) is 10.7. The van der Waals surface area contributed by atoms with E-state index in [9.17, 15) is 0 Å². The van der Waals surface area contributed by atoms with Crippen LogP contribution in [0.4, 0.5) is 11.6 Å². The van der Waals surface area contributed by atoms with Gasteiger partial charge in [-0.2, -0.15) is 0 Å². The fourth-order valence-electron chi connectivity index (χ4n) is 1.73. The van der Waals surface area contributed by atoms with E-state index in [4.69, 9.17) is 0 Å². The van der Waals surface area contributed by atoms with Gasteiger partial charge in [-0.1, -0.05) is 13.0 Å². The van der Waals surface area contributed by atoms with Gasteiger partial charge in [-0.25, -0.2) is 4.98 Å². The van der Waals surface area contributed by atoms with Crippen molar-refractivity contribution in [3.63, 3.8) is 0 Å². The van der Waals surface area contributed by atoms with Gasteiger partial charge in [-0.15, -0.1) is 0 Å². The maximum atomic E-state index is 4.62. The number of aromatic nitrogens is 1. The molecule has 0 aliphatic rings. The summed E-state index contributed by atoms with van der Waals surface area (Å²) in [6, 6.07) is 6.64. The molecule has 1 heterocycles. The average Bonchev–Trinajstić information content (AvgIpc) is 2.27. The molecule has 0 atom stereocenters. The Hall–Kier alpha value is -1.25. The first-order valence-corrected chi connectivity index (χ1v) is 6.16. The lowest BCUT2D eigenvalue weighted by Gasteiger charge is -2.26. The summed E-state index contributed by atoms with van der Waals surface area (Å²) in [5, 5.41) is 3.31. The number of rotatable bonds is 6. The molecule has 0 spiro atoms. The minimum absolute atomic E-state index is 0.485. The zero-order valence-corrected chi connectivity index (χ0v) is 10.8. The predicted molar refractivity (Wildman–Crippen MR) is 71.2 cm³/mol. The fraction of sp³-hybridized carbons (Fsp3) is 0.615. The highest BCUT2D eigenvalue weighted by molar-refractivity contribution is 5.47. The van der Waals surface area contributed by atoms with Gasteiger partial charge in [-0.3, -0.25) is 0 Å². The van der Waals surface area contributed by atoms with Crippen LogP contribution in [0.5, 0.6) is 0 Å². The number of anilines is 2. The van der Waals surface area contributed by atoms with Gasteiger partial charge in [0.15, 0.2) is 0 Å². The first-order valence-electron chi connectivity index (χ1n) is 6.16. The van der Waals surface area contributed by atoms with Gasteiger partial charge in [0.05, 0.1) is 0 Å². The van der Waals surface area contributed by atoms with Gasteiger partial charge in [-0.05, 0) is 39.3 Å². The standard InChI is InChI=1S/C13H23N3/c1-5-10-14-12-8-7-9-13(15-12)16(6-2)11(3)4/h7-9,11H,5-6,10H2,1-4H3,(H,14,15). The van der Waals surface area contributed by atoms with Crippen molar-refractivity contribution < 1.29 is 0 Å². The van der Waals surface area contributed by atoms with Crippen molar-refractivity contribution >= 4 is 11.6 Å². The minimum atomic E-state index is 0.485. The molecular weight excluding hydrogens is 198 g/mol. The molecule has 0 aromatic carbocycles. The van der Waals surface area contributed by atoms with Crippen molar-refractivity contribution in [2.75, 3.05) is 23.3 Å². The maximum Gasteiger partial charge on any atom is 0.131 e. The molecule has 90 valence electrons. The third-order valence-corrected chi connectivity index (χ3v) is 2.55. The monoisotopic (exact) mass is 221 g/mol. The van der Waals surface area contributed by atoms with Gasteiger partial charge in [0.1, 0.15) is 11.6 Å². The Morgan fingerprint density at radius 3 is 2.62 bits per heavy atom. The lowest BCUT2D eigenvalue weighted by atomic mass is 10.3. The molecule has 0 radical (unpaired) electrons. The zero-order chi connectivity index (χ0) is 12.0. The Balaban J connectivity index is 2.79. The van der Waals surface area contributed by atoms with E-state index in [0.717, 1.165) is 31.1 Å². The van der Waals surface area contributed by atoms with Crippen molar-refractivity contribution in [3.8, 4) is 0 Å². The van der Waals surface area contributed by atoms with Crippen molar-refractivity contribution in [1.82, 2.24) is 4.98 Å². The zero-order valence-electron chi connectivity index (χ0n) is 10.8. The molecule has 0 saturated heterocycles. The molecule has 16 heavy (non-hydrogen) atoms. The number of hydrogen-bond donors (Lipinski definition) is 1. The van der Waals surface area contributed by atoms with Crippen LogP contribution < -0.4 is 10.2 Å². The molecule has 0 aliphatic carbocycles. The smallest absolute Gasteiger partial charge is 0.131 e. The molecule has 1 rings (SSSR count). The Bertz CT molecular complexity index is 310. The summed E-state index contributed by atoms with van der Waals surface area (Å²) in [4.78, 5) is 6.91. The van der Waals surface area contributed by atoms with E-state index in [2.05, 4.69) is 55.0 Å². The maximum absolute atomic E-state index is 4.62. The quantitative estimate of drug-likeness (QED) is 0.800. The number of pyridine rings is 1. The summed E-state index contributed by atoms with van der Waals surface area (Å²) < 4.78 is 0. The average molecular weight is 221 g/mol. The van der Waals surface area contributed by atoms with E-state index >= 15 is 0 Å². The van der Waals surface area contributed by atoms with Crippen molar-refractivity contribution in [2.45, 2.75) is 40.2 Å². The van der Waals surface area contributed by atoms with Crippen LogP contribution in [-0.2, 0) is 0 Å². The molecular formula is C13H23N3. The van der Waals surface area contributed by atoms with Gasteiger partial charge in [0, 0.05) is 19.1 Å². The second-order valence-electron chi connectivity index (χ2n) is 4.19. The molecule has 0 bridgehead atoms. The van der Waals surface area contributed by atoms with Crippen LogP contribution in [0.15, 0.2) is 18.2 Å². The third-order valence-electron chi connectivity index (χ3n) is 2.55. The van der Waals surface area contributed by atoms with E-state index in [0.29, 0.717) is 6.04 Å². The Morgan fingerprint density at radius 1 is 1.31 bits per heavy atom. The van der Waals surface area contributed by atoms with Gasteiger partial charge in [0.25, 0.3) is 0 Å². The van der Waals surface area contributed by atoms with E-state index < -0.39 is 0 Å². The molecule has 0 unspecified atom stereocenters. The second kappa shape index (κ2) is 6.36. The summed E-state index contributed by atoms with van der Waals surface area (Å²) in [6.07, 6.45) is 1.12. The summed E-state index contributed by atoms with van der Waals surface area (Å²) in [5.41, 5.74) is 0. The number of nitrogens with zero attached hydrogens (tertiary/aromatic N) is 2. The highest BCUT2D eigenvalue weighted by Crippen LogP contribution is 2.16. The molecule has 0 amide bonds. The van der Waals surface area contributed by atoms with Crippen LogP contribution in [0.1, 0.15) is 34.1 Å². The van der Waals surface area contributed by atoms with Crippen LogP contribution in [0.25, 0.3) is 0 Å². The molecule has 1 aromatic heterocycles. The topological polar surface area (TPSA) is 28.2 Å². The summed E-state index contributed by atoms with van der Waals surface area (Å²) >= 11 is 0. The Morgan fingerprint density at radius 2 is 2.06 bits per heavy atom. The molecule has 0 saturated carbocycles. The van der Waals surface area contributed by atoms with E-state index in [1.807, 2.05) is 6.07 Å². The number of nitrogens with one attached hydrogen (secondary N) is 1. The minimum Gasteiger partial charge on any atom is -0.370 e. The van der Waals surface area contributed by atoms with Crippen LogP contribution in [-0.4, -0.2) is 24.1 Å². The Labute approximate surface area is 98.9 Å². The van der Waals surface area contributed by atoms with E-state index in [-0.39, 0.29) is 0 Å². The normalized spacial score (nSPS) is 10.6. The SMILES string of the molecule is CCCNc1cccc(N(CC)C(C)C)n1. The number of hydrogen-bond acceptors (Lipinski definition) is 3. The summed E-state index contributed by atoms with van der Waals surface area (Å²) in [5.74, 6) is 2.03. The van der Waals surface area contributed by atoms with Gasteiger partial charge < -0.3 is 10.2 Å². The van der Waals surface area contributed by atoms with E-state index in [1.54, 1.807) is 0 Å². The van der Waals surface area contributed by atoms with E-state index in [1.165, 1.54) is 0 Å². The van der Waals surface area contributed by atoms with Crippen LogP contribution in [0.3, 0.4) is 0 Å². The van der Waals surface area contributed by atoms with Crippen molar-refractivity contribution in [1.29, 1.82) is 0 Å². The van der Waals surface area contributed by atoms with Gasteiger partial charge >= 0.3 is 0 Å². The molecule has 0 fully saturated rings. The molecule has 1 N–H and O–H groups in total. The third kappa shape index (κ3) is 3.40. The van der Waals surface area contributed by atoms with Crippen molar-refractivity contribution in [2.24, 2.45) is 0 Å². The predicted octanol–water partition coefficient (Wildman–Crippen LogP) is 3.14. The van der Waals surface area contributed by atoms with Crippen molar-refractivity contribution in [3.05, 3.63) is 18.2 Å². The summed E-state index contributed by atoms with van der Waals surface area (Å²) in [7, 11) is 0. The highest BCUT2D eigenvalue weighted by atomic mass is 15.2. The molecule has 0 aliphatic heterocycles. The fourth-order valence-corrected chi connectivity index (χ4v) is 1.73. The lowest BCUT2D eigenvalue weighted by molar-refractivity contribution is 0.694. The Kier molecular flexibility index (Phi) is 5.09. The molecule has 3 heteroatoms. The van der Waals surface area contributed by atoms with Crippen LogP contribution >= 0.6 is 0 Å². The lowest BCUT2D eigenvalue weighted by Crippen LogP contribution is -2.31. The highest BCUT2D eigenvalue weighted by Gasteiger charge is 2.09. The first-order chi connectivity index (χ1) is 7.69. The molecule has 3 nitrogen and oxygen atoms in total. The second-order valence-corrected chi connectivity index (χ2v) is 4.19. The molecule has 1 aromatic rings. The first kappa shape index (κ1) is 12.8.